The van der Waals surface area contributed by atoms with Crippen molar-refractivity contribution in [2.24, 2.45) is 0 Å². The van der Waals surface area contributed by atoms with E-state index in [0.29, 0.717) is 5.92 Å². The Hall–Kier alpha value is -1.69. The molecule has 5 nitrogen and oxygen atoms in total. The molecule has 1 aromatic heterocycles. The molecule has 0 unspecified atom stereocenters. The average Bonchev–Trinajstić information content (AvgIpc) is 3.15. The summed E-state index contributed by atoms with van der Waals surface area (Å²) in [5.74, 6) is 0.552. The first-order valence-electron chi connectivity index (χ1n) is 9.54. The standard InChI is InChI=1S/C20H29N5/c1-24-9-11-25(12-10-24)15-16-4-6-17(7-5-16)19-14-22-23-20(19)18-3-2-8-21-13-18/h4-7,14,18,21H,2-3,8-13,15H2,1H3,(H,22,23)/t18-/m0/s1. The third kappa shape index (κ3) is 3.94. The lowest BCUT2D eigenvalue weighted by Crippen LogP contribution is -2.43. The molecule has 2 aromatic rings. The minimum atomic E-state index is 0.552. The van der Waals surface area contributed by atoms with Crippen LogP contribution in [-0.4, -0.2) is 66.3 Å². The van der Waals surface area contributed by atoms with Gasteiger partial charge < -0.3 is 10.2 Å². The lowest BCUT2D eigenvalue weighted by atomic mass is 9.91. The molecular weight excluding hydrogens is 310 g/mol. The fraction of sp³-hybridized carbons (Fsp3) is 0.550. The second-order valence-electron chi connectivity index (χ2n) is 7.52. The van der Waals surface area contributed by atoms with Gasteiger partial charge in [-0.05, 0) is 37.6 Å². The Labute approximate surface area is 150 Å². The number of hydrogen-bond acceptors (Lipinski definition) is 4. The zero-order valence-electron chi connectivity index (χ0n) is 15.2. The molecule has 0 bridgehead atoms. The summed E-state index contributed by atoms with van der Waals surface area (Å²) in [4.78, 5) is 4.95. The van der Waals surface area contributed by atoms with Crippen LogP contribution in [0.2, 0.25) is 0 Å². The molecule has 0 aliphatic carbocycles. The summed E-state index contributed by atoms with van der Waals surface area (Å²) >= 11 is 0. The van der Waals surface area contributed by atoms with Crippen LogP contribution in [0.1, 0.15) is 30.0 Å². The van der Waals surface area contributed by atoms with Crippen LogP contribution in [0.4, 0.5) is 0 Å². The lowest BCUT2D eigenvalue weighted by Gasteiger charge is -2.32. The first kappa shape index (κ1) is 16.8. The highest BCUT2D eigenvalue weighted by atomic mass is 15.2. The van der Waals surface area contributed by atoms with E-state index in [0.717, 1.165) is 19.6 Å². The topological polar surface area (TPSA) is 47.2 Å². The molecule has 0 amide bonds. The molecule has 2 fully saturated rings. The Balaban J connectivity index is 1.45. The predicted octanol–water partition coefficient (Wildman–Crippen LogP) is 2.29. The van der Waals surface area contributed by atoms with E-state index in [4.69, 9.17) is 0 Å². The number of likely N-dealkylation sites (N-methyl/N-ethyl adjacent to an activating group) is 1. The summed E-state index contributed by atoms with van der Waals surface area (Å²) in [6.45, 7) is 7.92. The molecule has 0 radical (unpaired) electrons. The number of H-pyrrole nitrogens is 1. The molecular formula is C20H29N5. The molecule has 4 rings (SSSR count). The number of piperidine rings is 1. The van der Waals surface area contributed by atoms with Crippen molar-refractivity contribution in [3.05, 3.63) is 41.7 Å². The van der Waals surface area contributed by atoms with E-state index < -0.39 is 0 Å². The average molecular weight is 339 g/mol. The van der Waals surface area contributed by atoms with Crippen LogP contribution in [0.15, 0.2) is 30.5 Å². The monoisotopic (exact) mass is 339 g/mol. The van der Waals surface area contributed by atoms with Crippen LogP contribution >= 0.6 is 0 Å². The molecule has 0 saturated carbocycles. The van der Waals surface area contributed by atoms with Gasteiger partial charge >= 0.3 is 0 Å². The third-order valence-corrected chi connectivity index (χ3v) is 5.64. The Morgan fingerprint density at radius 3 is 2.64 bits per heavy atom. The Morgan fingerprint density at radius 2 is 1.92 bits per heavy atom. The van der Waals surface area contributed by atoms with E-state index in [1.54, 1.807) is 0 Å². The minimum Gasteiger partial charge on any atom is -0.316 e. The quantitative estimate of drug-likeness (QED) is 0.897. The van der Waals surface area contributed by atoms with Crippen molar-refractivity contribution in [2.45, 2.75) is 25.3 Å². The third-order valence-electron chi connectivity index (χ3n) is 5.64. The summed E-state index contributed by atoms with van der Waals surface area (Å²) in [6.07, 6.45) is 4.47. The number of piperazine rings is 1. The second-order valence-corrected chi connectivity index (χ2v) is 7.52. The maximum absolute atomic E-state index is 4.33. The normalized spacial score (nSPS) is 23.0. The molecule has 2 saturated heterocycles. The second kappa shape index (κ2) is 7.68. The maximum Gasteiger partial charge on any atom is 0.0568 e. The van der Waals surface area contributed by atoms with Crippen molar-refractivity contribution in [1.29, 1.82) is 0 Å². The van der Waals surface area contributed by atoms with Crippen LogP contribution in [-0.2, 0) is 6.54 Å². The first-order chi connectivity index (χ1) is 12.3. The Morgan fingerprint density at radius 1 is 1.12 bits per heavy atom. The van der Waals surface area contributed by atoms with E-state index in [-0.39, 0.29) is 0 Å². The molecule has 0 spiro atoms. The van der Waals surface area contributed by atoms with Crippen molar-refractivity contribution >= 4 is 0 Å². The molecule has 25 heavy (non-hydrogen) atoms. The zero-order chi connectivity index (χ0) is 17.1. The molecule has 134 valence electrons. The van der Waals surface area contributed by atoms with E-state index >= 15 is 0 Å². The van der Waals surface area contributed by atoms with Crippen LogP contribution in [0, 0.1) is 0 Å². The van der Waals surface area contributed by atoms with E-state index in [2.05, 4.69) is 56.6 Å². The van der Waals surface area contributed by atoms with Crippen molar-refractivity contribution in [3.8, 4) is 11.1 Å². The predicted molar refractivity (Wildman–Crippen MR) is 102 cm³/mol. The fourth-order valence-electron chi connectivity index (χ4n) is 3.99. The number of benzene rings is 1. The highest BCUT2D eigenvalue weighted by Gasteiger charge is 2.20. The van der Waals surface area contributed by atoms with Gasteiger partial charge in [0.2, 0.25) is 0 Å². The minimum absolute atomic E-state index is 0.552. The Bertz CT molecular complexity index is 664. The van der Waals surface area contributed by atoms with Crippen molar-refractivity contribution in [1.82, 2.24) is 25.3 Å². The summed E-state index contributed by atoms with van der Waals surface area (Å²) in [7, 11) is 2.20. The summed E-state index contributed by atoms with van der Waals surface area (Å²) in [5, 5.41) is 11.1. The van der Waals surface area contributed by atoms with Gasteiger partial charge in [-0.25, -0.2) is 0 Å². The number of nitrogens with one attached hydrogen (secondary N) is 2. The van der Waals surface area contributed by atoms with Crippen LogP contribution in [0.25, 0.3) is 11.1 Å². The van der Waals surface area contributed by atoms with Crippen molar-refractivity contribution in [2.75, 3.05) is 46.3 Å². The number of hydrogen-bond donors (Lipinski definition) is 2. The van der Waals surface area contributed by atoms with Crippen LogP contribution < -0.4 is 5.32 Å². The Kier molecular flexibility index (Phi) is 5.15. The molecule has 2 N–H and O–H groups in total. The lowest BCUT2D eigenvalue weighted by molar-refractivity contribution is 0.148. The van der Waals surface area contributed by atoms with Gasteiger partial charge in [0.15, 0.2) is 0 Å². The summed E-state index contributed by atoms with van der Waals surface area (Å²) < 4.78 is 0. The van der Waals surface area contributed by atoms with Crippen molar-refractivity contribution in [3.63, 3.8) is 0 Å². The van der Waals surface area contributed by atoms with Gasteiger partial charge in [0.1, 0.15) is 0 Å². The van der Waals surface area contributed by atoms with Gasteiger partial charge in [-0.3, -0.25) is 10.00 Å². The SMILES string of the molecule is CN1CCN(Cc2ccc(-c3cn[nH]c3[C@H]3CCCNC3)cc2)CC1. The number of aromatic amines is 1. The van der Waals surface area contributed by atoms with Gasteiger partial charge in [0.05, 0.1) is 6.20 Å². The van der Waals surface area contributed by atoms with Gasteiger partial charge in [-0.1, -0.05) is 24.3 Å². The zero-order valence-corrected chi connectivity index (χ0v) is 15.2. The van der Waals surface area contributed by atoms with Gasteiger partial charge in [-0.2, -0.15) is 5.10 Å². The van der Waals surface area contributed by atoms with E-state index in [9.17, 15) is 0 Å². The van der Waals surface area contributed by atoms with Gasteiger partial charge in [0, 0.05) is 56.4 Å². The molecule has 3 heterocycles. The number of aromatic nitrogens is 2. The molecule has 1 aromatic carbocycles. The highest BCUT2D eigenvalue weighted by molar-refractivity contribution is 5.66. The number of nitrogens with zero attached hydrogens (tertiary/aromatic N) is 3. The van der Waals surface area contributed by atoms with Gasteiger partial charge in [-0.15, -0.1) is 0 Å². The van der Waals surface area contributed by atoms with E-state index in [1.807, 2.05) is 6.20 Å². The van der Waals surface area contributed by atoms with Crippen LogP contribution in [0.5, 0.6) is 0 Å². The highest BCUT2D eigenvalue weighted by Crippen LogP contribution is 2.31. The molecule has 2 aliphatic rings. The maximum atomic E-state index is 4.33. The van der Waals surface area contributed by atoms with Crippen molar-refractivity contribution < 1.29 is 0 Å². The van der Waals surface area contributed by atoms with E-state index in [1.165, 1.54) is 61.4 Å². The summed E-state index contributed by atoms with van der Waals surface area (Å²) in [6, 6.07) is 9.08. The number of rotatable bonds is 4. The smallest absolute Gasteiger partial charge is 0.0568 e. The molecule has 2 aliphatic heterocycles. The molecule has 1 atom stereocenters. The van der Waals surface area contributed by atoms with Gasteiger partial charge in [0.25, 0.3) is 0 Å². The summed E-state index contributed by atoms with van der Waals surface area (Å²) in [5.41, 5.74) is 5.23. The van der Waals surface area contributed by atoms with Crippen LogP contribution in [0.3, 0.4) is 0 Å². The molecule has 5 heteroatoms. The largest absolute Gasteiger partial charge is 0.316 e. The fourth-order valence-corrected chi connectivity index (χ4v) is 3.99. The first-order valence-corrected chi connectivity index (χ1v) is 9.54.